The second kappa shape index (κ2) is 5.72. The molecule has 3 aromatic rings. The van der Waals surface area contributed by atoms with E-state index in [-0.39, 0.29) is 5.41 Å². The van der Waals surface area contributed by atoms with Gasteiger partial charge in [0.25, 0.3) is 0 Å². The standard InChI is InChI=1S/C22H25N3O2/c1-22(2,3)17-12-23-21(27-17)19-18-13-5-6-14(11-13)20(18)25(24-19)15-7-9-16(26-4)10-8-15/h7-10,12-14H,5-6,11H2,1-4H3. The molecular formula is C22H25N3O2. The van der Waals surface area contributed by atoms with Crippen LogP contribution in [0.15, 0.2) is 34.9 Å². The van der Waals surface area contributed by atoms with Gasteiger partial charge in [0.1, 0.15) is 11.5 Å². The lowest BCUT2D eigenvalue weighted by molar-refractivity contribution is 0.414. The maximum atomic E-state index is 6.15. The van der Waals surface area contributed by atoms with Crippen LogP contribution < -0.4 is 4.74 Å². The Labute approximate surface area is 159 Å². The molecule has 5 nitrogen and oxygen atoms in total. The van der Waals surface area contributed by atoms with Gasteiger partial charge in [-0.05, 0) is 49.4 Å². The van der Waals surface area contributed by atoms with Crippen LogP contribution in [0.1, 0.15) is 68.9 Å². The Morgan fingerprint density at radius 2 is 1.85 bits per heavy atom. The monoisotopic (exact) mass is 363 g/mol. The normalized spacial score (nSPS) is 20.9. The first-order valence-electron chi connectivity index (χ1n) is 9.69. The highest BCUT2D eigenvalue weighted by molar-refractivity contribution is 5.62. The Morgan fingerprint density at radius 1 is 1.11 bits per heavy atom. The van der Waals surface area contributed by atoms with Gasteiger partial charge < -0.3 is 9.15 Å². The summed E-state index contributed by atoms with van der Waals surface area (Å²) in [6.07, 6.45) is 5.56. The third-order valence-electron chi connectivity index (χ3n) is 5.95. The van der Waals surface area contributed by atoms with Crippen LogP contribution in [0.2, 0.25) is 0 Å². The van der Waals surface area contributed by atoms with E-state index in [9.17, 15) is 0 Å². The second-order valence-corrected chi connectivity index (χ2v) is 8.74. The number of oxazole rings is 1. The van der Waals surface area contributed by atoms with Gasteiger partial charge >= 0.3 is 0 Å². The van der Waals surface area contributed by atoms with E-state index in [4.69, 9.17) is 14.3 Å². The zero-order chi connectivity index (χ0) is 18.8. The van der Waals surface area contributed by atoms with Crippen LogP contribution in [0.25, 0.3) is 17.3 Å². The predicted molar refractivity (Wildman–Crippen MR) is 104 cm³/mol. The zero-order valence-electron chi connectivity index (χ0n) is 16.3. The molecule has 0 radical (unpaired) electrons. The van der Waals surface area contributed by atoms with Crippen LogP contribution in [0.3, 0.4) is 0 Å². The minimum atomic E-state index is -0.0635. The summed E-state index contributed by atoms with van der Waals surface area (Å²) < 4.78 is 13.6. The van der Waals surface area contributed by atoms with Crippen molar-refractivity contribution in [2.24, 2.45) is 0 Å². The van der Waals surface area contributed by atoms with Gasteiger partial charge in [0, 0.05) is 16.9 Å². The zero-order valence-corrected chi connectivity index (χ0v) is 16.3. The Balaban J connectivity index is 1.65. The number of fused-ring (bicyclic) bond motifs is 5. The average Bonchev–Trinajstić information content (AvgIpc) is 3.41. The molecule has 1 saturated carbocycles. The molecule has 5 rings (SSSR count). The fourth-order valence-corrected chi connectivity index (χ4v) is 4.54. The fraction of sp³-hybridized carbons (Fsp3) is 0.455. The first-order chi connectivity index (χ1) is 13.0. The van der Waals surface area contributed by atoms with Crippen LogP contribution in [0, 0.1) is 0 Å². The molecule has 5 heteroatoms. The molecule has 2 atom stereocenters. The SMILES string of the molecule is COc1ccc(-n2nc(-c3ncc(C(C)(C)C)o3)c3c2C2CCC3C2)cc1. The predicted octanol–water partition coefficient (Wildman–Crippen LogP) is 5.20. The molecule has 140 valence electrons. The molecule has 1 aromatic carbocycles. The Morgan fingerprint density at radius 3 is 2.52 bits per heavy atom. The lowest BCUT2D eigenvalue weighted by Crippen LogP contribution is -2.09. The highest BCUT2D eigenvalue weighted by atomic mass is 16.5. The molecule has 0 saturated heterocycles. The van der Waals surface area contributed by atoms with Gasteiger partial charge in [0.2, 0.25) is 5.89 Å². The van der Waals surface area contributed by atoms with Crippen LogP contribution in [0.5, 0.6) is 5.75 Å². The number of hydrogen-bond acceptors (Lipinski definition) is 4. The van der Waals surface area contributed by atoms with Gasteiger partial charge in [0.15, 0.2) is 5.69 Å². The molecule has 0 spiro atoms. The number of hydrogen-bond donors (Lipinski definition) is 0. The first-order valence-corrected chi connectivity index (χ1v) is 9.69. The van der Waals surface area contributed by atoms with Crippen molar-refractivity contribution < 1.29 is 9.15 Å². The summed E-state index contributed by atoms with van der Waals surface area (Å²) in [7, 11) is 1.69. The Bertz CT molecular complexity index is 992. The Kier molecular flexibility index (Phi) is 3.51. The van der Waals surface area contributed by atoms with Gasteiger partial charge in [-0.3, -0.25) is 0 Å². The maximum absolute atomic E-state index is 6.15. The van der Waals surface area contributed by atoms with Gasteiger partial charge in [-0.15, -0.1) is 0 Å². The molecular weight excluding hydrogens is 338 g/mol. The first kappa shape index (κ1) is 16.6. The summed E-state index contributed by atoms with van der Waals surface area (Å²) in [6, 6.07) is 8.11. The number of nitrogens with zero attached hydrogens (tertiary/aromatic N) is 3. The van der Waals surface area contributed by atoms with Crippen molar-refractivity contribution in [2.45, 2.75) is 57.3 Å². The number of benzene rings is 1. The molecule has 2 aliphatic carbocycles. The van der Waals surface area contributed by atoms with Gasteiger partial charge in [-0.2, -0.15) is 5.10 Å². The minimum absolute atomic E-state index is 0.0635. The smallest absolute Gasteiger partial charge is 0.247 e. The van der Waals surface area contributed by atoms with E-state index in [1.165, 1.54) is 30.5 Å². The average molecular weight is 363 g/mol. The van der Waals surface area contributed by atoms with Crippen LogP contribution in [-0.2, 0) is 5.41 Å². The van der Waals surface area contributed by atoms with Crippen molar-refractivity contribution in [2.75, 3.05) is 7.11 Å². The maximum Gasteiger partial charge on any atom is 0.247 e. The fourth-order valence-electron chi connectivity index (χ4n) is 4.54. The van der Waals surface area contributed by atoms with Gasteiger partial charge in [-0.25, -0.2) is 9.67 Å². The summed E-state index contributed by atoms with van der Waals surface area (Å²) in [5.74, 6) is 3.57. The molecule has 2 aromatic heterocycles. The lowest BCUT2D eigenvalue weighted by atomic mass is 9.94. The summed E-state index contributed by atoms with van der Waals surface area (Å²) in [4.78, 5) is 4.59. The molecule has 0 amide bonds. The van der Waals surface area contributed by atoms with Crippen molar-refractivity contribution in [3.63, 3.8) is 0 Å². The van der Waals surface area contributed by atoms with Crippen LogP contribution in [0.4, 0.5) is 0 Å². The van der Waals surface area contributed by atoms with Crippen molar-refractivity contribution in [3.8, 4) is 23.0 Å². The number of ether oxygens (including phenoxy) is 1. The Hall–Kier alpha value is -2.56. The molecule has 27 heavy (non-hydrogen) atoms. The van der Waals surface area contributed by atoms with Gasteiger partial charge in [0.05, 0.1) is 24.7 Å². The van der Waals surface area contributed by atoms with Crippen LogP contribution >= 0.6 is 0 Å². The summed E-state index contributed by atoms with van der Waals surface area (Å²) in [5.41, 5.74) is 4.62. The molecule has 0 aliphatic heterocycles. The highest BCUT2D eigenvalue weighted by Gasteiger charge is 2.44. The third-order valence-corrected chi connectivity index (χ3v) is 5.95. The van der Waals surface area contributed by atoms with E-state index in [1.54, 1.807) is 7.11 Å². The quantitative estimate of drug-likeness (QED) is 0.642. The number of rotatable bonds is 3. The van der Waals surface area contributed by atoms with E-state index in [0.717, 1.165) is 22.9 Å². The van der Waals surface area contributed by atoms with E-state index >= 15 is 0 Å². The summed E-state index contributed by atoms with van der Waals surface area (Å²) in [6.45, 7) is 6.42. The second-order valence-electron chi connectivity index (χ2n) is 8.74. The van der Waals surface area contributed by atoms with E-state index in [1.807, 2.05) is 18.3 Å². The van der Waals surface area contributed by atoms with Crippen molar-refractivity contribution in [1.82, 2.24) is 14.8 Å². The lowest BCUT2D eigenvalue weighted by Gasteiger charge is -2.14. The molecule has 2 unspecified atom stereocenters. The van der Waals surface area contributed by atoms with E-state index < -0.39 is 0 Å². The van der Waals surface area contributed by atoms with Crippen molar-refractivity contribution in [3.05, 3.63) is 47.5 Å². The van der Waals surface area contributed by atoms with E-state index in [0.29, 0.717) is 17.7 Å². The van der Waals surface area contributed by atoms with Crippen molar-refractivity contribution in [1.29, 1.82) is 0 Å². The molecule has 0 N–H and O–H groups in total. The molecule has 2 heterocycles. The number of methoxy groups -OCH3 is 1. The largest absolute Gasteiger partial charge is 0.497 e. The highest BCUT2D eigenvalue weighted by Crippen LogP contribution is 2.56. The molecule has 2 bridgehead atoms. The third kappa shape index (κ3) is 2.52. The molecule has 2 aliphatic rings. The summed E-state index contributed by atoms with van der Waals surface area (Å²) in [5, 5.41) is 4.98. The van der Waals surface area contributed by atoms with Crippen molar-refractivity contribution >= 4 is 0 Å². The van der Waals surface area contributed by atoms with E-state index in [2.05, 4.69) is 42.6 Å². The topological polar surface area (TPSA) is 53.1 Å². The summed E-state index contributed by atoms with van der Waals surface area (Å²) >= 11 is 0. The minimum Gasteiger partial charge on any atom is -0.497 e. The number of aromatic nitrogens is 3. The van der Waals surface area contributed by atoms with Crippen LogP contribution in [-0.4, -0.2) is 21.9 Å². The van der Waals surface area contributed by atoms with Gasteiger partial charge in [-0.1, -0.05) is 20.8 Å². The molecule has 1 fully saturated rings.